The Morgan fingerprint density at radius 3 is 2.50 bits per heavy atom. The first-order valence-corrected chi connectivity index (χ1v) is 6.47. The number of nitrogens with zero attached hydrogens (tertiary/aromatic N) is 2. The van der Waals surface area contributed by atoms with Gasteiger partial charge in [0.1, 0.15) is 0 Å². The number of hydrogen-bond acceptors (Lipinski definition) is 2. The summed E-state index contributed by atoms with van der Waals surface area (Å²) in [4.78, 5) is 13.9. The predicted octanol–water partition coefficient (Wildman–Crippen LogP) is 3.37. The molecule has 3 heteroatoms. The highest BCUT2D eigenvalue weighted by Crippen LogP contribution is 2.17. The third kappa shape index (κ3) is 3.89. The Balaban J connectivity index is 2.62. The average molecular weight is 244 g/mol. The summed E-state index contributed by atoms with van der Waals surface area (Å²) >= 11 is 0. The van der Waals surface area contributed by atoms with E-state index in [2.05, 4.69) is 6.07 Å². The van der Waals surface area contributed by atoms with Gasteiger partial charge in [-0.1, -0.05) is 25.1 Å². The molecule has 0 spiro atoms. The van der Waals surface area contributed by atoms with Crippen molar-refractivity contribution in [1.82, 2.24) is 0 Å². The zero-order chi connectivity index (χ0) is 13.4. The number of para-hydroxylation sites is 1. The largest absolute Gasteiger partial charge is 0.313 e. The third-order valence-electron chi connectivity index (χ3n) is 3.07. The third-order valence-corrected chi connectivity index (χ3v) is 3.07. The second-order valence-corrected chi connectivity index (χ2v) is 4.25. The molecule has 0 radical (unpaired) electrons. The minimum absolute atomic E-state index is 0.0107. The first-order valence-electron chi connectivity index (χ1n) is 6.47. The molecule has 0 fully saturated rings. The molecule has 96 valence electrons. The van der Waals surface area contributed by atoms with Crippen LogP contribution in [0.4, 0.5) is 5.69 Å². The SMILES string of the molecule is CCC(C#N)CCC(=O)N(CC)c1ccccc1. The zero-order valence-corrected chi connectivity index (χ0v) is 11.1. The van der Waals surface area contributed by atoms with Gasteiger partial charge in [-0.15, -0.1) is 0 Å². The molecule has 1 atom stereocenters. The Bertz CT molecular complexity index is 408. The van der Waals surface area contributed by atoms with Gasteiger partial charge in [-0.05, 0) is 31.9 Å². The zero-order valence-electron chi connectivity index (χ0n) is 11.1. The molecule has 0 heterocycles. The number of carbonyl (C=O) groups excluding carboxylic acids is 1. The van der Waals surface area contributed by atoms with E-state index >= 15 is 0 Å². The van der Waals surface area contributed by atoms with Gasteiger partial charge in [-0.3, -0.25) is 4.79 Å². The fraction of sp³-hybridized carbons (Fsp3) is 0.467. The van der Waals surface area contributed by atoms with Gasteiger partial charge in [0.2, 0.25) is 5.91 Å². The van der Waals surface area contributed by atoms with Crippen LogP contribution in [-0.4, -0.2) is 12.5 Å². The molecule has 3 nitrogen and oxygen atoms in total. The highest BCUT2D eigenvalue weighted by atomic mass is 16.2. The molecule has 0 aliphatic carbocycles. The first kappa shape index (κ1) is 14.2. The number of amides is 1. The van der Waals surface area contributed by atoms with Gasteiger partial charge in [0, 0.05) is 24.6 Å². The molecule has 18 heavy (non-hydrogen) atoms. The smallest absolute Gasteiger partial charge is 0.227 e. The van der Waals surface area contributed by atoms with Crippen molar-refractivity contribution < 1.29 is 4.79 Å². The summed E-state index contributed by atoms with van der Waals surface area (Å²) in [5.41, 5.74) is 0.926. The summed E-state index contributed by atoms with van der Waals surface area (Å²) in [6, 6.07) is 11.9. The van der Waals surface area contributed by atoms with Crippen molar-refractivity contribution in [2.24, 2.45) is 5.92 Å². The lowest BCUT2D eigenvalue weighted by molar-refractivity contribution is -0.118. The minimum atomic E-state index is -0.0107. The molecule has 1 rings (SSSR count). The highest BCUT2D eigenvalue weighted by molar-refractivity contribution is 5.93. The molecule has 0 aliphatic heterocycles. The Morgan fingerprint density at radius 1 is 1.33 bits per heavy atom. The van der Waals surface area contributed by atoms with Crippen molar-refractivity contribution in [3.05, 3.63) is 30.3 Å². The van der Waals surface area contributed by atoms with Crippen LogP contribution in [0.5, 0.6) is 0 Å². The number of rotatable bonds is 6. The lowest BCUT2D eigenvalue weighted by Crippen LogP contribution is -2.30. The monoisotopic (exact) mass is 244 g/mol. The second kappa shape index (κ2) is 7.50. The van der Waals surface area contributed by atoms with Crippen LogP contribution < -0.4 is 4.90 Å². The standard InChI is InChI=1S/C15H20N2O/c1-3-13(12-16)10-11-15(18)17(4-2)14-8-6-5-7-9-14/h5-9,13H,3-4,10-11H2,1-2H3. The van der Waals surface area contributed by atoms with Crippen LogP contribution in [-0.2, 0) is 4.79 Å². The van der Waals surface area contributed by atoms with E-state index < -0.39 is 0 Å². The van der Waals surface area contributed by atoms with Crippen LogP contribution in [0.15, 0.2) is 30.3 Å². The number of nitriles is 1. The summed E-state index contributed by atoms with van der Waals surface area (Å²) in [6.45, 7) is 4.60. The van der Waals surface area contributed by atoms with Crippen LogP contribution in [0.2, 0.25) is 0 Å². The van der Waals surface area contributed by atoms with Crippen LogP contribution in [0.1, 0.15) is 33.1 Å². The normalized spacial score (nSPS) is 11.6. The molecule has 0 bridgehead atoms. The summed E-state index contributed by atoms with van der Waals surface area (Å²) < 4.78 is 0. The van der Waals surface area contributed by atoms with Crippen LogP contribution >= 0.6 is 0 Å². The second-order valence-electron chi connectivity index (χ2n) is 4.25. The van der Waals surface area contributed by atoms with E-state index in [9.17, 15) is 4.79 Å². The quantitative estimate of drug-likeness (QED) is 0.770. The fourth-order valence-corrected chi connectivity index (χ4v) is 1.90. The van der Waals surface area contributed by atoms with E-state index in [1.165, 1.54) is 0 Å². The number of anilines is 1. The van der Waals surface area contributed by atoms with Gasteiger partial charge in [-0.2, -0.15) is 5.26 Å². The van der Waals surface area contributed by atoms with E-state index in [0.29, 0.717) is 19.4 Å². The van der Waals surface area contributed by atoms with E-state index in [1.54, 1.807) is 4.90 Å². The number of carbonyl (C=O) groups is 1. The van der Waals surface area contributed by atoms with E-state index in [4.69, 9.17) is 5.26 Å². The van der Waals surface area contributed by atoms with E-state index in [1.807, 2.05) is 44.2 Å². The predicted molar refractivity (Wildman–Crippen MR) is 73.1 cm³/mol. The van der Waals surface area contributed by atoms with Crippen molar-refractivity contribution >= 4 is 11.6 Å². The molecule has 1 unspecified atom stereocenters. The maximum Gasteiger partial charge on any atom is 0.227 e. The average Bonchev–Trinajstić information content (AvgIpc) is 2.42. The molecule has 1 aromatic carbocycles. The van der Waals surface area contributed by atoms with Gasteiger partial charge in [0.15, 0.2) is 0 Å². The van der Waals surface area contributed by atoms with Gasteiger partial charge in [-0.25, -0.2) is 0 Å². The lowest BCUT2D eigenvalue weighted by Gasteiger charge is -2.21. The summed E-state index contributed by atoms with van der Waals surface area (Å²) in [5.74, 6) is 0.0841. The first-order chi connectivity index (χ1) is 8.72. The summed E-state index contributed by atoms with van der Waals surface area (Å²) in [6.07, 6.45) is 1.89. The number of hydrogen-bond donors (Lipinski definition) is 0. The van der Waals surface area contributed by atoms with Crippen LogP contribution in [0, 0.1) is 17.2 Å². The van der Waals surface area contributed by atoms with Crippen molar-refractivity contribution in [3.63, 3.8) is 0 Å². The van der Waals surface area contributed by atoms with Gasteiger partial charge in [0.25, 0.3) is 0 Å². The summed E-state index contributed by atoms with van der Waals surface area (Å²) in [5, 5.41) is 8.88. The maximum atomic E-state index is 12.1. The molecule has 0 N–H and O–H groups in total. The summed E-state index contributed by atoms with van der Waals surface area (Å²) in [7, 11) is 0. The van der Waals surface area contributed by atoms with Crippen molar-refractivity contribution in [2.45, 2.75) is 33.1 Å². The van der Waals surface area contributed by atoms with E-state index in [-0.39, 0.29) is 11.8 Å². The highest BCUT2D eigenvalue weighted by Gasteiger charge is 2.15. The Labute approximate surface area is 109 Å². The Hall–Kier alpha value is -1.82. The fourth-order valence-electron chi connectivity index (χ4n) is 1.90. The molecule has 0 saturated carbocycles. The lowest BCUT2D eigenvalue weighted by atomic mass is 10.0. The van der Waals surface area contributed by atoms with Gasteiger partial charge < -0.3 is 4.90 Å². The molecule has 1 amide bonds. The van der Waals surface area contributed by atoms with Gasteiger partial charge >= 0.3 is 0 Å². The molecular weight excluding hydrogens is 224 g/mol. The Kier molecular flexibility index (Phi) is 5.93. The minimum Gasteiger partial charge on any atom is -0.313 e. The van der Waals surface area contributed by atoms with Crippen LogP contribution in [0.3, 0.4) is 0 Å². The number of benzene rings is 1. The van der Waals surface area contributed by atoms with Gasteiger partial charge in [0.05, 0.1) is 6.07 Å². The van der Waals surface area contributed by atoms with Crippen molar-refractivity contribution in [2.75, 3.05) is 11.4 Å². The molecule has 0 saturated heterocycles. The molecule has 0 aliphatic rings. The topological polar surface area (TPSA) is 44.1 Å². The molecule has 1 aromatic rings. The van der Waals surface area contributed by atoms with Crippen molar-refractivity contribution in [3.8, 4) is 6.07 Å². The van der Waals surface area contributed by atoms with Crippen LogP contribution in [0.25, 0.3) is 0 Å². The Morgan fingerprint density at radius 2 is 2.00 bits per heavy atom. The van der Waals surface area contributed by atoms with Crippen molar-refractivity contribution in [1.29, 1.82) is 5.26 Å². The van der Waals surface area contributed by atoms with E-state index in [0.717, 1.165) is 12.1 Å². The molecular formula is C15H20N2O. The maximum absolute atomic E-state index is 12.1. The molecule has 0 aromatic heterocycles.